The van der Waals surface area contributed by atoms with E-state index in [1.807, 2.05) is 75.5 Å². The number of nitrogens with zero attached hydrogens (tertiary/aromatic N) is 1. The first kappa shape index (κ1) is 32.9. The van der Waals surface area contributed by atoms with Crippen LogP contribution in [0.4, 0.5) is 0 Å². The van der Waals surface area contributed by atoms with E-state index >= 15 is 0 Å². The molecule has 0 unspecified atom stereocenters. The Balaban J connectivity index is 1.86. The number of imide groups is 1. The Bertz CT molecular complexity index is 1140. The summed E-state index contributed by atoms with van der Waals surface area (Å²) in [5, 5.41) is 26.4. The number of aromatic hydroxyl groups is 1. The predicted molar refractivity (Wildman–Crippen MR) is 163 cm³/mol. The first-order chi connectivity index (χ1) is 18.4. The monoisotopic (exact) mass is 765 g/mol. The minimum absolute atomic E-state index is 0.153. The third-order valence-electron chi connectivity index (χ3n) is 5.87. The van der Waals surface area contributed by atoms with Crippen LogP contribution in [0.3, 0.4) is 0 Å². The molecule has 0 aromatic heterocycles. The summed E-state index contributed by atoms with van der Waals surface area (Å²) in [5.74, 6) is -2.27. The van der Waals surface area contributed by atoms with Gasteiger partial charge < -0.3 is 26.6 Å². The number of benzene rings is 2. The van der Waals surface area contributed by atoms with Crippen molar-refractivity contribution in [1.82, 2.24) is 20.9 Å². The number of nitrogens with one attached hydrogen (secondary N) is 3. The zero-order valence-electron chi connectivity index (χ0n) is 21.6. The molecule has 2 aromatic rings. The van der Waals surface area contributed by atoms with Crippen LogP contribution in [0.5, 0.6) is 5.75 Å². The van der Waals surface area contributed by atoms with Gasteiger partial charge in [-0.25, -0.2) is 0 Å². The molecule has 212 valence electrons. The third kappa shape index (κ3) is 10.6. The number of carbonyl (C=O) groups is 4. The van der Waals surface area contributed by atoms with Gasteiger partial charge in [0.25, 0.3) is 0 Å². The van der Waals surface area contributed by atoms with Gasteiger partial charge in [0.2, 0.25) is 23.6 Å². The number of halogens is 2. The van der Waals surface area contributed by atoms with Crippen molar-refractivity contribution in [3.05, 3.63) is 60.7 Å². The van der Waals surface area contributed by atoms with E-state index in [9.17, 15) is 29.4 Å². The molecular formula is C26H33I2N5O6. The molecule has 0 saturated heterocycles. The molecule has 0 fully saturated rings. The maximum atomic E-state index is 12.8. The van der Waals surface area contributed by atoms with Crippen molar-refractivity contribution >= 4 is 68.8 Å². The summed E-state index contributed by atoms with van der Waals surface area (Å²) in [6, 6.07) is 10.1. The van der Waals surface area contributed by atoms with Gasteiger partial charge in [-0.3, -0.25) is 29.4 Å². The summed E-state index contributed by atoms with van der Waals surface area (Å²) in [4.78, 5) is 51.8. The van der Waals surface area contributed by atoms with Gasteiger partial charge >= 0.3 is 0 Å². The van der Waals surface area contributed by atoms with E-state index in [2.05, 4.69) is 16.0 Å². The Morgan fingerprint density at radius 3 is 2.18 bits per heavy atom. The van der Waals surface area contributed by atoms with Crippen molar-refractivity contribution in [3.8, 4) is 5.75 Å². The summed E-state index contributed by atoms with van der Waals surface area (Å²) < 4.78 is 1.27. The van der Waals surface area contributed by atoms with Crippen molar-refractivity contribution in [1.29, 1.82) is 0 Å². The molecule has 4 amide bonds. The minimum Gasteiger partial charge on any atom is -0.506 e. The summed E-state index contributed by atoms with van der Waals surface area (Å²) >= 11 is 3.98. The molecule has 0 saturated carbocycles. The molecule has 39 heavy (non-hydrogen) atoms. The van der Waals surface area contributed by atoms with Crippen LogP contribution in [0, 0.1) is 7.14 Å². The zero-order chi connectivity index (χ0) is 29.1. The molecule has 0 aliphatic rings. The van der Waals surface area contributed by atoms with Crippen LogP contribution in [-0.2, 0) is 32.0 Å². The number of aliphatic hydroxyl groups excluding tert-OH is 1. The number of amides is 4. The lowest BCUT2D eigenvalue weighted by molar-refractivity contribution is -0.134. The van der Waals surface area contributed by atoms with Crippen molar-refractivity contribution < 1.29 is 29.4 Å². The highest BCUT2D eigenvalue weighted by molar-refractivity contribution is 14.1. The van der Waals surface area contributed by atoms with Crippen LogP contribution in [0.15, 0.2) is 42.5 Å². The van der Waals surface area contributed by atoms with E-state index in [-0.39, 0.29) is 25.3 Å². The fourth-order valence-corrected chi connectivity index (χ4v) is 5.55. The molecule has 3 atom stereocenters. The molecule has 7 N–H and O–H groups in total. The average molecular weight is 765 g/mol. The zero-order valence-corrected chi connectivity index (χ0v) is 25.9. The number of hydrogen-bond donors (Lipinski definition) is 6. The second kappa shape index (κ2) is 16.1. The van der Waals surface area contributed by atoms with E-state index in [0.717, 1.165) is 11.1 Å². The maximum Gasteiger partial charge on any atom is 0.245 e. The van der Waals surface area contributed by atoms with Gasteiger partial charge in [0.15, 0.2) is 0 Å². The highest BCUT2D eigenvalue weighted by atomic mass is 127. The molecule has 0 heterocycles. The molecule has 0 radical (unpaired) electrons. The van der Waals surface area contributed by atoms with Crippen LogP contribution >= 0.6 is 45.2 Å². The Labute approximate surface area is 254 Å². The fourth-order valence-electron chi connectivity index (χ4n) is 3.65. The van der Waals surface area contributed by atoms with Crippen molar-refractivity contribution in [2.75, 3.05) is 26.7 Å². The van der Waals surface area contributed by atoms with Gasteiger partial charge in [-0.15, -0.1) is 0 Å². The quantitative estimate of drug-likeness (QED) is 0.158. The Hall–Kier alpha value is -2.34. The number of phenols is 1. The van der Waals surface area contributed by atoms with E-state index in [4.69, 9.17) is 5.73 Å². The van der Waals surface area contributed by atoms with E-state index < -0.39 is 48.3 Å². The summed E-state index contributed by atoms with van der Waals surface area (Å²) in [6.45, 7) is 1.07. The molecule has 2 aromatic carbocycles. The number of hydrogen-bond acceptors (Lipinski definition) is 8. The van der Waals surface area contributed by atoms with Crippen LogP contribution in [0.25, 0.3) is 0 Å². The molecule has 0 aliphatic heterocycles. The van der Waals surface area contributed by atoms with E-state index in [1.165, 1.54) is 6.92 Å². The maximum absolute atomic E-state index is 12.8. The molecule has 0 bridgehead atoms. The summed E-state index contributed by atoms with van der Waals surface area (Å²) in [5.41, 5.74) is 7.66. The highest BCUT2D eigenvalue weighted by Gasteiger charge is 2.26. The predicted octanol–water partition coefficient (Wildman–Crippen LogP) is 0.270. The van der Waals surface area contributed by atoms with Gasteiger partial charge in [0, 0.05) is 6.54 Å². The van der Waals surface area contributed by atoms with Crippen LogP contribution < -0.4 is 21.7 Å². The van der Waals surface area contributed by atoms with Crippen molar-refractivity contribution in [2.24, 2.45) is 5.73 Å². The van der Waals surface area contributed by atoms with Crippen LogP contribution in [-0.4, -0.2) is 83.6 Å². The summed E-state index contributed by atoms with van der Waals surface area (Å²) in [6.07, 6.45) is 0.528. The first-order valence-electron chi connectivity index (χ1n) is 12.1. The molecule has 13 heteroatoms. The van der Waals surface area contributed by atoms with Gasteiger partial charge in [-0.05, 0) is 95.3 Å². The Kier molecular flexibility index (Phi) is 13.5. The van der Waals surface area contributed by atoms with E-state index in [0.29, 0.717) is 13.6 Å². The number of nitrogens with two attached hydrogens (primary N) is 1. The largest absolute Gasteiger partial charge is 0.506 e. The smallest absolute Gasteiger partial charge is 0.245 e. The SMILES string of the molecule is C[C@@H](NC(=O)[C@@H](N)Cc1cc(I)c(O)c(I)c1)C(=O)NCC(=O)NC(=O)[C@H](Cc1ccccc1)N(C)CCO. The highest BCUT2D eigenvalue weighted by Crippen LogP contribution is 2.27. The van der Waals surface area contributed by atoms with Crippen LogP contribution in [0.1, 0.15) is 18.1 Å². The van der Waals surface area contributed by atoms with Gasteiger partial charge in [-0.1, -0.05) is 30.3 Å². The number of rotatable bonds is 13. The number of aliphatic hydroxyl groups is 1. The lowest BCUT2D eigenvalue weighted by Crippen LogP contribution is -2.53. The lowest BCUT2D eigenvalue weighted by Gasteiger charge is -2.26. The second-order valence-electron chi connectivity index (χ2n) is 8.99. The average Bonchev–Trinajstić information content (AvgIpc) is 2.89. The Morgan fingerprint density at radius 1 is 0.974 bits per heavy atom. The minimum atomic E-state index is -0.978. The molecular weight excluding hydrogens is 732 g/mol. The second-order valence-corrected chi connectivity index (χ2v) is 11.3. The Morgan fingerprint density at radius 2 is 1.59 bits per heavy atom. The van der Waals surface area contributed by atoms with Crippen molar-refractivity contribution in [2.45, 2.75) is 37.9 Å². The van der Waals surface area contributed by atoms with Crippen LogP contribution in [0.2, 0.25) is 0 Å². The van der Waals surface area contributed by atoms with Gasteiger partial charge in [-0.2, -0.15) is 0 Å². The van der Waals surface area contributed by atoms with Crippen molar-refractivity contribution in [3.63, 3.8) is 0 Å². The molecule has 0 aliphatic carbocycles. The topological polar surface area (TPSA) is 174 Å². The number of likely N-dealkylation sites (N-methyl/N-ethyl adjacent to an activating group) is 1. The normalized spacial score (nSPS) is 13.3. The van der Waals surface area contributed by atoms with Gasteiger partial charge in [0.05, 0.1) is 32.4 Å². The molecule has 11 nitrogen and oxygen atoms in total. The summed E-state index contributed by atoms with van der Waals surface area (Å²) in [7, 11) is 1.67. The first-order valence-corrected chi connectivity index (χ1v) is 14.3. The number of carbonyl (C=O) groups excluding carboxylic acids is 4. The fraction of sp³-hybridized carbons (Fsp3) is 0.385. The van der Waals surface area contributed by atoms with E-state index in [1.54, 1.807) is 24.1 Å². The lowest BCUT2D eigenvalue weighted by atomic mass is 10.0. The standard InChI is InChI=1S/C26H33I2N5O6/c1-15(31-25(38)20(29)12-17-10-18(27)23(36)19(28)11-17)24(37)30-14-22(35)32-26(39)21(33(2)8-9-34)13-16-6-4-3-5-7-16/h3-7,10-11,15,20-21,34,36H,8-9,12-14,29H2,1-2H3,(H,30,37)(H,31,38)(H,32,35,39)/t15-,20+,21+/m1/s1. The third-order valence-corrected chi connectivity index (χ3v) is 7.51. The van der Waals surface area contributed by atoms with Gasteiger partial charge in [0.1, 0.15) is 11.8 Å². The number of phenolic OH excluding ortho intramolecular Hbond substituents is 1. The molecule has 2 rings (SSSR count). The molecule has 0 spiro atoms.